The molecule has 0 aromatic rings. The van der Waals surface area contributed by atoms with Crippen LogP contribution in [0.4, 0.5) is 0 Å². The molecule has 0 aliphatic carbocycles. The van der Waals surface area contributed by atoms with E-state index < -0.39 is 5.09 Å². The van der Waals surface area contributed by atoms with E-state index in [9.17, 15) is 14.9 Å². The van der Waals surface area contributed by atoms with Gasteiger partial charge in [0.15, 0.2) is 0 Å². The van der Waals surface area contributed by atoms with E-state index in [1.165, 1.54) is 13.0 Å². The first kappa shape index (κ1) is 8.61. The Balaban J connectivity index is 3.52. The summed E-state index contributed by atoms with van der Waals surface area (Å²) in [5.41, 5.74) is 0.418. The van der Waals surface area contributed by atoms with Crippen LogP contribution in [0.5, 0.6) is 0 Å². The third-order valence-corrected chi connectivity index (χ3v) is 0.771. The molecule has 0 aromatic heterocycles. The van der Waals surface area contributed by atoms with Gasteiger partial charge in [0, 0.05) is 0 Å². The Bertz CT molecular complexity index is 163. The Morgan fingerprint density at radius 1 is 1.80 bits per heavy atom. The number of hydrogen-bond acceptors (Lipinski definition) is 4. The SMILES string of the molecule is C/C(C=O)=C\CO[N+](=O)[O-]. The summed E-state index contributed by atoms with van der Waals surface area (Å²) in [6.07, 6.45) is 1.93. The number of aldehydes is 1. The molecule has 0 unspecified atom stereocenters. The molecule has 10 heavy (non-hydrogen) atoms. The van der Waals surface area contributed by atoms with E-state index in [0.29, 0.717) is 11.9 Å². The van der Waals surface area contributed by atoms with E-state index in [2.05, 4.69) is 4.84 Å². The minimum absolute atomic E-state index is 0.169. The van der Waals surface area contributed by atoms with Gasteiger partial charge in [-0.1, -0.05) is 6.08 Å². The first-order valence-corrected chi connectivity index (χ1v) is 2.56. The topological polar surface area (TPSA) is 69.4 Å². The lowest BCUT2D eigenvalue weighted by Crippen LogP contribution is -2.00. The lowest BCUT2D eigenvalue weighted by atomic mass is 10.3. The lowest BCUT2D eigenvalue weighted by Gasteiger charge is -1.90. The number of hydrogen-bond donors (Lipinski definition) is 0. The van der Waals surface area contributed by atoms with Crippen molar-refractivity contribution in [1.82, 2.24) is 0 Å². The minimum Gasteiger partial charge on any atom is -0.310 e. The van der Waals surface area contributed by atoms with Gasteiger partial charge in [0.25, 0.3) is 5.09 Å². The molecule has 56 valence electrons. The summed E-state index contributed by atoms with van der Waals surface area (Å²) < 4.78 is 0. The van der Waals surface area contributed by atoms with Gasteiger partial charge in [-0.05, 0) is 12.5 Å². The molecule has 0 atom stereocenters. The van der Waals surface area contributed by atoms with Gasteiger partial charge in [-0.15, -0.1) is 10.1 Å². The van der Waals surface area contributed by atoms with Crippen LogP contribution in [0, 0.1) is 10.1 Å². The number of rotatable bonds is 4. The highest BCUT2D eigenvalue weighted by atomic mass is 16.9. The normalized spacial score (nSPS) is 10.7. The van der Waals surface area contributed by atoms with E-state index in [0.717, 1.165) is 0 Å². The van der Waals surface area contributed by atoms with Crippen LogP contribution in [0.1, 0.15) is 6.92 Å². The maximum atomic E-state index is 9.89. The Kier molecular flexibility index (Phi) is 3.86. The Labute approximate surface area is 57.4 Å². The molecule has 0 amide bonds. The van der Waals surface area contributed by atoms with Gasteiger partial charge in [0.2, 0.25) is 0 Å². The number of carbonyl (C=O) groups excluding carboxylic acids is 1. The molecule has 5 nitrogen and oxygen atoms in total. The first-order chi connectivity index (χ1) is 4.66. The number of nitrogens with zero attached hydrogens (tertiary/aromatic N) is 1. The number of allylic oxidation sites excluding steroid dienone is 1. The van der Waals surface area contributed by atoms with Gasteiger partial charge in [-0.2, -0.15) is 0 Å². The molecular weight excluding hydrogens is 138 g/mol. The molecular formula is C5H7NO4. The molecule has 0 saturated heterocycles. The van der Waals surface area contributed by atoms with Crippen LogP contribution in [0.2, 0.25) is 0 Å². The van der Waals surface area contributed by atoms with Gasteiger partial charge in [0.05, 0.1) is 0 Å². The zero-order valence-corrected chi connectivity index (χ0v) is 5.44. The van der Waals surface area contributed by atoms with Crippen molar-refractivity contribution in [3.8, 4) is 0 Å². The predicted molar refractivity (Wildman–Crippen MR) is 32.8 cm³/mol. The average Bonchev–Trinajstić information content (AvgIpc) is 1.87. The third kappa shape index (κ3) is 4.76. The molecule has 0 bridgehead atoms. The molecule has 0 aliphatic heterocycles. The van der Waals surface area contributed by atoms with Crippen LogP contribution in [-0.4, -0.2) is 18.0 Å². The standard InChI is InChI=1S/C5H7NO4/c1-5(4-7)2-3-10-6(8)9/h2,4H,3H2,1H3/b5-2+. The summed E-state index contributed by atoms with van der Waals surface area (Å²) in [6.45, 7) is 1.37. The molecule has 0 saturated carbocycles. The highest BCUT2D eigenvalue weighted by molar-refractivity contribution is 5.71. The van der Waals surface area contributed by atoms with Crippen molar-refractivity contribution < 1.29 is 14.7 Å². The fourth-order valence-corrected chi connectivity index (χ4v) is 0.278. The van der Waals surface area contributed by atoms with E-state index >= 15 is 0 Å². The zero-order valence-electron chi connectivity index (χ0n) is 5.44. The van der Waals surface area contributed by atoms with Crippen LogP contribution in [0.3, 0.4) is 0 Å². The van der Waals surface area contributed by atoms with Gasteiger partial charge >= 0.3 is 0 Å². The summed E-state index contributed by atoms with van der Waals surface area (Å²) >= 11 is 0. The highest BCUT2D eigenvalue weighted by Crippen LogP contribution is 1.85. The van der Waals surface area contributed by atoms with Crippen molar-refractivity contribution in [1.29, 1.82) is 0 Å². The van der Waals surface area contributed by atoms with E-state index in [1.807, 2.05) is 0 Å². The summed E-state index contributed by atoms with van der Waals surface area (Å²) in [7, 11) is 0. The van der Waals surface area contributed by atoms with Crippen molar-refractivity contribution in [3.05, 3.63) is 21.8 Å². The van der Waals surface area contributed by atoms with Gasteiger partial charge < -0.3 is 4.84 Å². The van der Waals surface area contributed by atoms with Gasteiger partial charge in [0.1, 0.15) is 12.9 Å². The molecule has 0 N–H and O–H groups in total. The fraction of sp³-hybridized carbons (Fsp3) is 0.400. The first-order valence-electron chi connectivity index (χ1n) is 2.56. The predicted octanol–water partition coefficient (Wildman–Crippen LogP) is 0.340. The molecule has 0 fully saturated rings. The quantitative estimate of drug-likeness (QED) is 0.247. The van der Waals surface area contributed by atoms with Crippen molar-refractivity contribution >= 4 is 6.29 Å². The fourth-order valence-electron chi connectivity index (χ4n) is 0.278. The maximum Gasteiger partial charge on any atom is 0.294 e. The Hall–Kier alpha value is -1.39. The van der Waals surface area contributed by atoms with Crippen molar-refractivity contribution in [2.45, 2.75) is 6.92 Å². The molecule has 0 spiro atoms. The Morgan fingerprint density at radius 2 is 2.40 bits per heavy atom. The second-order valence-electron chi connectivity index (χ2n) is 1.59. The van der Waals surface area contributed by atoms with Crippen molar-refractivity contribution in [2.75, 3.05) is 6.61 Å². The van der Waals surface area contributed by atoms with Gasteiger partial charge in [-0.3, -0.25) is 4.79 Å². The molecule has 0 aromatic carbocycles. The molecule has 0 radical (unpaired) electrons. The van der Waals surface area contributed by atoms with Crippen LogP contribution in [0.25, 0.3) is 0 Å². The smallest absolute Gasteiger partial charge is 0.294 e. The van der Waals surface area contributed by atoms with Gasteiger partial charge in [-0.25, -0.2) is 0 Å². The van der Waals surface area contributed by atoms with Crippen LogP contribution >= 0.6 is 0 Å². The largest absolute Gasteiger partial charge is 0.310 e. The second kappa shape index (κ2) is 4.49. The van der Waals surface area contributed by atoms with Crippen molar-refractivity contribution in [2.24, 2.45) is 0 Å². The monoisotopic (exact) mass is 145 g/mol. The minimum atomic E-state index is -0.908. The summed E-state index contributed by atoms with van der Waals surface area (Å²) in [4.78, 5) is 23.3. The summed E-state index contributed by atoms with van der Waals surface area (Å²) in [5.74, 6) is 0. The van der Waals surface area contributed by atoms with Crippen LogP contribution in [0.15, 0.2) is 11.6 Å². The third-order valence-electron chi connectivity index (χ3n) is 0.771. The molecule has 5 heteroatoms. The second-order valence-corrected chi connectivity index (χ2v) is 1.59. The average molecular weight is 145 g/mol. The Morgan fingerprint density at radius 3 is 2.80 bits per heavy atom. The molecule has 0 aliphatic rings. The summed E-state index contributed by atoms with van der Waals surface area (Å²) in [5, 5.41) is 8.63. The lowest BCUT2D eigenvalue weighted by molar-refractivity contribution is -0.755. The van der Waals surface area contributed by atoms with E-state index in [4.69, 9.17) is 0 Å². The number of carbonyl (C=O) groups is 1. The highest BCUT2D eigenvalue weighted by Gasteiger charge is 1.90. The maximum absolute atomic E-state index is 9.89. The van der Waals surface area contributed by atoms with E-state index in [1.54, 1.807) is 0 Å². The summed E-state index contributed by atoms with van der Waals surface area (Å²) in [6, 6.07) is 0. The zero-order chi connectivity index (χ0) is 7.98. The van der Waals surface area contributed by atoms with Crippen molar-refractivity contribution in [3.63, 3.8) is 0 Å². The van der Waals surface area contributed by atoms with Crippen LogP contribution in [-0.2, 0) is 9.63 Å². The molecule has 0 heterocycles. The van der Waals surface area contributed by atoms with Crippen LogP contribution < -0.4 is 0 Å². The van der Waals surface area contributed by atoms with E-state index in [-0.39, 0.29) is 6.61 Å². The molecule has 0 rings (SSSR count).